The first-order valence-corrected chi connectivity index (χ1v) is 6.74. The second kappa shape index (κ2) is 4.86. The van der Waals surface area contributed by atoms with Crippen molar-refractivity contribution in [1.29, 1.82) is 0 Å². The highest BCUT2D eigenvalue weighted by Gasteiger charge is 2.13. The van der Waals surface area contributed by atoms with E-state index < -0.39 is 0 Å². The Labute approximate surface area is 116 Å². The van der Waals surface area contributed by atoms with E-state index in [0.717, 1.165) is 22.4 Å². The molecule has 0 amide bonds. The molecule has 1 heterocycles. The average Bonchev–Trinajstić information content (AvgIpc) is 2.62. The van der Waals surface area contributed by atoms with Crippen molar-refractivity contribution in [2.24, 2.45) is 5.73 Å². The largest absolute Gasteiger partial charge is 0.325 e. The zero-order chi connectivity index (χ0) is 13.3. The lowest BCUT2D eigenvalue weighted by atomic mass is 9.96. The molecule has 3 nitrogen and oxygen atoms in total. The molecule has 2 N–H and O–H groups in total. The second-order valence-electron chi connectivity index (χ2n) is 5.30. The minimum atomic E-state index is -0.189. The van der Waals surface area contributed by atoms with Gasteiger partial charge in [0.2, 0.25) is 0 Å². The quantitative estimate of drug-likeness (QED) is 0.946. The van der Waals surface area contributed by atoms with Gasteiger partial charge >= 0.3 is 0 Å². The first kappa shape index (κ1) is 13.3. The van der Waals surface area contributed by atoms with Gasteiger partial charge in [-0.15, -0.1) is 0 Å². The Kier molecular flexibility index (Phi) is 3.59. The molecule has 2 aromatic rings. The fourth-order valence-corrected chi connectivity index (χ4v) is 2.63. The van der Waals surface area contributed by atoms with E-state index in [9.17, 15) is 0 Å². The molecule has 18 heavy (non-hydrogen) atoms. The van der Waals surface area contributed by atoms with Crippen LogP contribution in [0, 0.1) is 6.92 Å². The summed E-state index contributed by atoms with van der Waals surface area (Å²) in [5, 5.41) is 0. The van der Waals surface area contributed by atoms with Gasteiger partial charge in [-0.1, -0.05) is 6.07 Å². The van der Waals surface area contributed by atoms with Gasteiger partial charge in [0.25, 0.3) is 0 Å². The number of nitrogens with zero attached hydrogens (tertiary/aromatic N) is 2. The number of aryl methyl sites for hydroxylation is 1. The molecular weight excluding hydrogens is 290 g/mol. The summed E-state index contributed by atoms with van der Waals surface area (Å²) in [5.41, 5.74) is 8.19. The molecule has 0 radical (unpaired) electrons. The number of benzene rings is 1. The van der Waals surface area contributed by atoms with Gasteiger partial charge in [0, 0.05) is 22.4 Å². The van der Waals surface area contributed by atoms with Crippen LogP contribution in [-0.4, -0.2) is 15.1 Å². The fraction of sp³-hybridized carbons (Fsp3) is 0.357. The number of halogens is 1. The summed E-state index contributed by atoms with van der Waals surface area (Å²) in [4.78, 5) is 4.24. The molecule has 0 saturated heterocycles. The van der Waals surface area contributed by atoms with E-state index in [1.807, 2.05) is 27.0 Å². The SMILES string of the molecule is Cc1nccn1-c1ccc(CC(C)(C)N)cc1Br. The molecular formula is C14H18BrN3. The Morgan fingerprint density at radius 3 is 2.61 bits per heavy atom. The van der Waals surface area contributed by atoms with E-state index in [4.69, 9.17) is 5.73 Å². The Hall–Kier alpha value is -1.13. The maximum atomic E-state index is 6.04. The van der Waals surface area contributed by atoms with Gasteiger partial charge in [-0.25, -0.2) is 4.98 Å². The first-order valence-electron chi connectivity index (χ1n) is 5.94. The van der Waals surface area contributed by atoms with Gasteiger partial charge in [-0.2, -0.15) is 0 Å². The number of imidazole rings is 1. The van der Waals surface area contributed by atoms with Gasteiger partial charge < -0.3 is 10.3 Å². The van der Waals surface area contributed by atoms with Gasteiger partial charge in [-0.3, -0.25) is 0 Å². The zero-order valence-electron chi connectivity index (χ0n) is 10.9. The minimum Gasteiger partial charge on any atom is -0.325 e. The van der Waals surface area contributed by atoms with Crippen molar-refractivity contribution in [3.63, 3.8) is 0 Å². The smallest absolute Gasteiger partial charge is 0.110 e. The van der Waals surface area contributed by atoms with Crippen LogP contribution in [0.2, 0.25) is 0 Å². The summed E-state index contributed by atoms with van der Waals surface area (Å²) < 4.78 is 3.12. The molecule has 1 aromatic heterocycles. The van der Waals surface area contributed by atoms with Crippen LogP contribution in [0.4, 0.5) is 0 Å². The molecule has 4 heteroatoms. The summed E-state index contributed by atoms with van der Waals surface area (Å²) in [7, 11) is 0. The van der Waals surface area contributed by atoms with Crippen LogP contribution in [0.15, 0.2) is 35.1 Å². The van der Waals surface area contributed by atoms with E-state index in [-0.39, 0.29) is 5.54 Å². The van der Waals surface area contributed by atoms with Crippen molar-refractivity contribution < 1.29 is 0 Å². The lowest BCUT2D eigenvalue weighted by Crippen LogP contribution is -2.34. The summed E-state index contributed by atoms with van der Waals surface area (Å²) in [5.74, 6) is 0.975. The number of hydrogen-bond donors (Lipinski definition) is 1. The standard InChI is InChI=1S/C14H18BrN3/c1-10-17-6-7-18(10)13-5-4-11(8-12(13)15)9-14(2,3)16/h4-8H,9,16H2,1-3H3. The van der Waals surface area contributed by atoms with Crippen molar-refractivity contribution in [3.05, 3.63) is 46.5 Å². The third-order valence-electron chi connectivity index (χ3n) is 2.76. The number of aromatic nitrogens is 2. The summed E-state index contributed by atoms with van der Waals surface area (Å²) >= 11 is 3.62. The Balaban J connectivity index is 2.34. The topological polar surface area (TPSA) is 43.8 Å². The van der Waals surface area contributed by atoms with E-state index in [0.29, 0.717) is 0 Å². The van der Waals surface area contributed by atoms with E-state index in [1.165, 1.54) is 5.56 Å². The molecule has 0 spiro atoms. The highest BCUT2D eigenvalue weighted by atomic mass is 79.9. The normalized spacial score (nSPS) is 11.8. The van der Waals surface area contributed by atoms with Crippen molar-refractivity contribution >= 4 is 15.9 Å². The van der Waals surface area contributed by atoms with Crippen molar-refractivity contribution in [3.8, 4) is 5.69 Å². The monoisotopic (exact) mass is 307 g/mol. The van der Waals surface area contributed by atoms with Gasteiger partial charge in [-0.05, 0) is 60.8 Å². The molecule has 0 saturated carbocycles. The van der Waals surface area contributed by atoms with Crippen molar-refractivity contribution in [2.75, 3.05) is 0 Å². The fourth-order valence-electron chi connectivity index (χ4n) is 2.01. The number of nitrogens with two attached hydrogens (primary N) is 1. The second-order valence-corrected chi connectivity index (χ2v) is 6.15. The molecule has 2 rings (SSSR count). The van der Waals surface area contributed by atoms with Crippen LogP contribution in [-0.2, 0) is 6.42 Å². The molecule has 0 fully saturated rings. The molecule has 96 valence electrons. The lowest BCUT2D eigenvalue weighted by Gasteiger charge is -2.19. The van der Waals surface area contributed by atoms with Crippen LogP contribution >= 0.6 is 15.9 Å². The van der Waals surface area contributed by atoms with Gasteiger partial charge in [0.05, 0.1) is 5.69 Å². The molecule has 1 aromatic carbocycles. The summed E-state index contributed by atoms with van der Waals surface area (Å²) in [6.07, 6.45) is 4.62. The van der Waals surface area contributed by atoms with Gasteiger partial charge in [0.1, 0.15) is 5.82 Å². The average molecular weight is 308 g/mol. The van der Waals surface area contributed by atoms with Crippen LogP contribution in [0.5, 0.6) is 0 Å². The molecule has 0 aliphatic rings. The van der Waals surface area contributed by atoms with E-state index >= 15 is 0 Å². The van der Waals surface area contributed by atoms with Crippen LogP contribution in [0.3, 0.4) is 0 Å². The maximum absolute atomic E-state index is 6.04. The highest BCUT2D eigenvalue weighted by molar-refractivity contribution is 9.10. The van der Waals surface area contributed by atoms with E-state index in [1.54, 1.807) is 6.20 Å². The minimum absolute atomic E-state index is 0.189. The highest BCUT2D eigenvalue weighted by Crippen LogP contribution is 2.24. The third kappa shape index (κ3) is 3.00. The molecule has 0 bridgehead atoms. The zero-order valence-corrected chi connectivity index (χ0v) is 12.5. The molecule has 0 unspecified atom stereocenters. The summed E-state index contributed by atoms with van der Waals surface area (Å²) in [6.45, 7) is 6.06. The van der Waals surface area contributed by atoms with Crippen molar-refractivity contribution in [1.82, 2.24) is 9.55 Å². The lowest BCUT2D eigenvalue weighted by molar-refractivity contribution is 0.516. The van der Waals surface area contributed by atoms with Crippen LogP contribution in [0.1, 0.15) is 25.2 Å². The predicted octanol–water partition coefficient (Wildman–Crippen LogP) is 3.22. The van der Waals surface area contributed by atoms with Gasteiger partial charge in [0.15, 0.2) is 0 Å². The Bertz CT molecular complexity index is 552. The van der Waals surface area contributed by atoms with Crippen molar-refractivity contribution in [2.45, 2.75) is 32.7 Å². The Morgan fingerprint density at radius 1 is 1.39 bits per heavy atom. The molecule has 0 aliphatic heterocycles. The Morgan fingerprint density at radius 2 is 2.11 bits per heavy atom. The summed E-state index contributed by atoms with van der Waals surface area (Å²) in [6, 6.07) is 6.34. The first-order chi connectivity index (χ1) is 8.37. The van der Waals surface area contributed by atoms with E-state index in [2.05, 4.69) is 43.7 Å². The van der Waals surface area contributed by atoms with Crippen LogP contribution < -0.4 is 5.73 Å². The molecule has 0 atom stereocenters. The van der Waals surface area contributed by atoms with Crippen LogP contribution in [0.25, 0.3) is 5.69 Å². The predicted molar refractivity (Wildman–Crippen MR) is 78.0 cm³/mol. The third-order valence-corrected chi connectivity index (χ3v) is 3.39. The molecule has 0 aliphatic carbocycles. The maximum Gasteiger partial charge on any atom is 0.110 e. The number of hydrogen-bond acceptors (Lipinski definition) is 2. The number of rotatable bonds is 3.